The van der Waals surface area contributed by atoms with E-state index in [4.69, 9.17) is 23.2 Å². The summed E-state index contributed by atoms with van der Waals surface area (Å²) >= 11 is 12.2. The lowest BCUT2D eigenvalue weighted by molar-refractivity contribution is 0.194. The van der Waals surface area contributed by atoms with Gasteiger partial charge >= 0.3 is 6.03 Å². The zero-order valence-electron chi connectivity index (χ0n) is 14.1. The number of nitrogens with zero attached hydrogens (tertiary/aromatic N) is 2. The van der Waals surface area contributed by atoms with Gasteiger partial charge in [-0.25, -0.2) is 4.79 Å². The Kier molecular flexibility index (Phi) is 5.71. The van der Waals surface area contributed by atoms with Crippen LogP contribution in [-0.4, -0.2) is 37.1 Å². The van der Waals surface area contributed by atoms with Crippen LogP contribution in [0.4, 0.5) is 10.5 Å². The standard InChI is InChI=1S/C19H21Cl2N3O/c1-14-3-2-4-15(11-14)13-22-19(25)24-9-7-23(8-10-24)18-6-5-16(20)12-17(18)21/h2-6,11-12H,7-10,13H2,1H3,(H,22,25). The quantitative estimate of drug-likeness (QED) is 0.863. The van der Waals surface area contributed by atoms with Crippen LogP contribution in [0.5, 0.6) is 0 Å². The van der Waals surface area contributed by atoms with Crippen molar-refractivity contribution in [2.45, 2.75) is 13.5 Å². The number of rotatable bonds is 3. The highest BCUT2D eigenvalue weighted by atomic mass is 35.5. The van der Waals surface area contributed by atoms with Gasteiger partial charge in [-0.3, -0.25) is 0 Å². The number of hydrogen-bond donors (Lipinski definition) is 1. The van der Waals surface area contributed by atoms with Crippen molar-refractivity contribution in [3.05, 3.63) is 63.6 Å². The van der Waals surface area contributed by atoms with E-state index < -0.39 is 0 Å². The number of anilines is 1. The van der Waals surface area contributed by atoms with Gasteiger partial charge in [0.2, 0.25) is 0 Å². The van der Waals surface area contributed by atoms with E-state index >= 15 is 0 Å². The van der Waals surface area contributed by atoms with Gasteiger partial charge in [0.05, 0.1) is 10.7 Å². The predicted octanol–water partition coefficient (Wildman–Crippen LogP) is 4.33. The average Bonchev–Trinajstić information content (AvgIpc) is 2.60. The summed E-state index contributed by atoms with van der Waals surface area (Å²) in [5.74, 6) is 0. The van der Waals surface area contributed by atoms with E-state index in [2.05, 4.69) is 16.3 Å². The number of amides is 2. The zero-order valence-corrected chi connectivity index (χ0v) is 15.6. The minimum absolute atomic E-state index is 0.0247. The van der Waals surface area contributed by atoms with Crippen LogP contribution in [0, 0.1) is 6.92 Å². The zero-order chi connectivity index (χ0) is 17.8. The van der Waals surface area contributed by atoms with Gasteiger partial charge in [-0.05, 0) is 30.7 Å². The van der Waals surface area contributed by atoms with Crippen LogP contribution in [0.3, 0.4) is 0 Å². The highest BCUT2D eigenvalue weighted by Crippen LogP contribution is 2.29. The molecule has 1 saturated heterocycles. The van der Waals surface area contributed by atoms with Crippen molar-refractivity contribution < 1.29 is 4.79 Å². The number of carbonyl (C=O) groups is 1. The van der Waals surface area contributed by atoms with Gasteiger partial charge < -0.3 is 15.1 Å². The molecule has 1 heterocycles. The molecule has 0 aromatic heterocycles. The normalized spacial score (nSPS) is 14.5. The average molecular weight is 378 g/mol. The maximum atomic E-state index is 12.4. The second-order valence-corrected chi connectivity index (χ2v) is 7.06. The third-order valence-electron chi connectivity index (χ3n) is 4.34. The molecule has 132 valence electrons. The summed E-state index contributed by atoms with van der Waals surface area (Å²) in [6, 6.07) is 13.6. The maximum absolute atomic E-state index is 12.4. The monoisotopic (exact) mass is 377 g/mol. The Hall–Kier alpha value is -1.91. The Balaban J connectivity index is 1.52. The van der Waals surface area contributed by atoms with Crippen LogP contribution in [0.2, 0.25) is 10.0 Å². The number of hydrogen-bond acceptors (Lipinski definition) is 2. The fourth-order valence-electron chi connectivity index (χ4n) is 3.00. The van der Waals surface area contributed by atoms with Crippen LogP contribution in [-0.2, 0) is 6.54 Å². The van der Waals surface area contributed by atoms with Gasteiger partial charge in [-0.1, -0.05) is 53.0 Å². The van der Waals surface area contributed by atoms with Crippen molar-refractivity contribution in [1.82, 2.24) is 10.2 Å². The first-order chi connectivity index (χ1) is 12.0. The second kappa shape index (κ2) is 7.98. The van der Waals surface area contributed by atoms with Crippen molar-refractivity contribution in [2.24, 2.45) is 0 Å². The van der Waals surface area contributed by atoms with E-state index in [0.29, 0.717) is 29.7 Å². The van der Waals surface area contributed by atoms with E-state index in [1.807, 2.05) is 42.2 Å². The van der Waals surface area contributed by atoms with Gasteiger partial charge in [0.15, 0.2) is 0 Å². The molecule has 1 aliphatic rings. The van der Waals surface area contributed by atoms with Crippen molar-refractivity contribution in [1.29, 1.82) is 0 Å². The van der Waals surface area contributed by atoms with Crippen molar-refractivity contribution in [3.8, 4) is 0 Å². The summed E-state index contributed by atoms with van der Waals surface area (Å²) in [5, 5.41) is 4.27. The van der Waals surface area contributed by atoms with E-state index in [0.717, 1.165) is 24.3 Å². The largest absolute Gasteiger partial charge is 0.367 e. The van der Waals surface area contributed by atoms with Crippen LogP contribution >= 0.6 is 23.2 Å². The Bertz CT molecular complexity index is 758. The summed E-state index contributed by atoms with van der Waals surface area (Å²) in [5.41, 5.74) is 3.27. The first-order valence-corrected chi connectivity index (χ1v) is 9.07. The van der Waals surface area contributed by atoms with Crippen LogP contribution in [0.25, 0.3) is 0 Å². The van der Waals surface area contributed by atoms with Gasteiger partial charge in [0.25, 0.3) is 0 Å². The molecular weight excluding hydrogens is 357 g/mol. The highest BCUT2D eigenvalue weighted by Gasteiger charge is 2.22. The summed E-state index contributed by atoms with van der Waals surface area (Å²) in [7, 11) is 0. The molecule has 0 aliphatic carbocycles. The fraction of sp³-hybridized carbons (Fsp3) is 0.316. The van der Waals surface area contributed by atoms with Gasteiger partial charge in [-0.2, -0.15) is 0 Å². The summed E-state index contributed by atoms with van der Waals surface area (Å²) in [6.07, 6.45) is 0. The third kappa shape index (κ3) is 4.59. The predicted molar refractivity (Wildman–Crippen MR) is 104 cm³/mol. The molecule has 1 N–H and O–H groups in total. The van der Waals surface area contributed by atoms with Gasteiger partial charge in [-0.15, -0.1) is 0 Å². The molecule has 4 nitrogen and oxygen atoms in total. The SMILES string of the molecule is Cc1cccc(CNC(=O)N2CCN(c3ccc(Cl)cc3Cl)CC2)c1. The van der Waals surface area contributed by atoms with Gasteiger partial charge in [0.1, 0.15) is 0 Å². The molecule has 2 amide bonds. The van der Waals surface area contributed by atoms with E-state index in [1.165, 1.54) is 5.56 Å². The van der Waals surface area contributed by atoms with Crippen LogP contribution in [0.1, 0.15) is 11.1 Å². The van der Waals surface area contributed by atoms with Crippen LogP contribution in [0.15, 0.2) is 42.5 Å². The topological polar surface area (TPSA) is 35.6 Å². The molecule has 25 heavy (non-hydrogen) atoms. The lowest BCUT2D eigenvalue weighted by atomic mass is 10.1. The minimum atomic E-state index is -0.0247. The molecule has 0 bridgehead atoms. The van der Waals surface area contributed by atoms with Crippen LogP contribution < -0.4 is 10.2 Å². The lowest BCUT2D eigenvalue weighted by Crippen LogP contribution is -2.51. The number of carbonyl (C=O) groups excluding carboxylic acids is 1. The fourth-order valence-corrected chi connectivity index (χ4v) is 3.53. The molecule has 3 rings (SSSR count). The van der Waals surface area contributed by atoms with E-state index in [1.54, 1.807) is 6.07 Å². The molecule has 1 fully saturated rings. The van der Waals surface area contributed by atoms with Crippen molar-refractivity contribution >= 4 is 34.9 Å². The molecule has 0 spiro atoms. The minimum Gasteiger partial charge on any atom is -0.367 e. The van der Waals surface area contributed by atoms with Crippen molar-refractivity contribution in [3.63, 3.8) is 0 Å². The molecule has 0 radical (unpaired) electrons. The molecule has 0 unspecified atom stereocenters. The number of urea groups is 1. The van der Waals surface area contributed by atoms with Crippen molar-refractivity contribution in [2.75, 3.05) is 31.1 Å². The first-order valence-electron chi connectivity index (χ1n) is 8.31. The van der Waals surface area contributed by atoms with E-state index in [9.17, 15) is 4.79 Å². The third-order valence-corrected chi connectivity index (χ3v) is 4.88. The number of halogens is 2. The summed E-state index contributed by atoms with van der Waals surface area (Å²) < 4.78 is 0. The molecular formula is C19H21Cl2N3O. The molecule has 0 atom stereocenters. The maximum Gasteiger partial charge on any atom is 0.317 e. The molecule has 1 aliphatic heterocycles. The molecule has 2 aromatic carbocycles. The molecule has 6 heteroatoms. The number of benzene rings is 2. The second-order valence-electron chi connectivity index (χ2n) is 6.22. The Morgan fingerprint density at radius 1 is 1.08 bits per heavy atom. The van der Waals surface area contributed by atoms with Gasteiger partial charge in [0, 0.05) is 37.7 Å². The Morgan fingerprint density at radius 2 is 1.84 bits per heavy atom. The smallest absolute Gasteiger partial charge is 0.317 e. The molecule has 0 saturated carbocycles. The highest BCUT2D eigenvalue weighted by molar-refractivity contribution is 6.36. The summed E-state index contributed by atoms with van der Waals surface area (Å²) in [6.45, 7) is 5.42. The molecule has 2 aromatic rings. The van der Waals surface area contributed by atoms with E-state index in [-0.39, 0.29) is 6.03 Å². The first kappa shape index (κ1) is 17.9. The lowest BCUT2D eigenvalue weighted by Gasteiger charge is -2.36. The number of nitrogens with one attached hydrogen (secondary N) is 1. The Labute approximate surface area is 158 Å². The number of aryl methyl sites for hydroxylation is 1. The summed E-state index contributed by atoms with van der Waals surface area (Å²) in [4.78, 5) is 16.4. The number of piperazine rings is 1. The Morgan fingerprint density at radius 3 is 2.52 bits per heavy atom.